The lowest BCUT2D eigenvalue weighted by Gasteiger charge is -2.11. The van der Waals surface area contributed by atoms with Crippen LogP contribution in [0.3, 0.4) is 0 Å². The zero-order valence-electron chi connectivity index (χ0n) is 15.9. The van der Waals surface area contributed by atoms with E-state index in [2.05, 4.69) is 25.6 Å². The van der Waals surface area contributed by atoms with Crippen molar-refractivity contribution in [2.24, 2.45) is 0 Å². The van der Waals surface area contributed by atoms with Crippen molar-refractivity contribution in [1.29, 1.82) is 0 Å². The topological polar surface area (TPSA) is 117 Å². The summed E-state index contributed by atoms with van der Waals surface area (Å²) in [4.78, 5) is 25.8. The molecule has 0 radical (unpaired) electrons. The Kier molecular flexibility index (Phi) is 6.03. The second-order valence-corrected chi connectivity index (χ2v) is 8.26. The van der Waals surface area contributed by atoms with Crippen LogP contribution in [0.1, 0.15) is 5.56 Å². The highest BCUT2D eigenvalue weighted by Gasteiger charge is 2.19. The molecule has 0 aliphatic carbocycles. The number of nitrogens with one attached hydrogen (secondary N) is 2. The fourth-order valence-electron chi connectivity index (χ4n) is 2.39. The minimum Gasteiger partial charge on any atom is -0.347 e. The van der Waals surface area contributed by atoms with Crippen LogP contribution in [0.25, 0.3) is 0 Å². The second kappa shape index (κ2) is 8.65. The summed E-state index contributed by atoms with van der Waals surface area (Å²) in [5, 5.41) is 5.36. The number of benzene rings is 1. The molecule has 0 aliphatic rings. The van der Waals surface area contributed by atoms with Gasteiger partial charge in [0, 0.05) is 38.7 Å². The van der Waals surface area contributed by atoms with E-state index in [4.69, 9.17) is 0 Å². The molecular weight excluding hydrogens is 392 g/mol. The number of sulfone groups is 1. The molecule has 0 unspecified atom stereocenters. The molecule has 150 valence electrons. The average molecular weight is 412 g/mol. The Morgan fingerprint density at radius 1 is 1.00 bits per heavy atom. The molecule has 0 atom stereocenters. The van der Waals surface area contributed by atoms with Gasteiger partial charge in [0.2, 0.25) is 15.8 Å². The maximum Gasteiger partial charge on any atom is 0.319 e. The lowest BCUT2D eigenvalue weighted by molar-refractivity contribution is 0.251. The van der Waals surface area contributed by atoms with Crippen LogP contribution in [-0.4, -0.2) is 43.5 Å². The predicted molar refractivity (Wildman–Crippen MR) is 108 cm³/mol. The molecule has 2 heterocycles. The van der Waals surface area contributed by atoms with Gasteiger partial charge in [-0.3, -0.25) is 4.98 Å². The van der Waals surface area contributed by atoms with E-state index in [-0.39, 0.29) is 9.79 Å². The maximum atomic E-state index is 12.7. The number of urea groups is 1. The van der Waals surface area contributed by atoms with Crippen LogP contribution in [0.4, 0.5) is 16.4 Å². The minimum atomic E-state index is -3.75. The fourth-order valence-corrected chi connectivity index (χ4v) is 3.54. The summed E-state index contributed by atoms with van der Waals surface area (Å²) in [7, 11) is -0.220. The minimum absolute atomic E-state index is 0.00183. The predicted octanol–water partition coefficient (Wildman–Crippen LogP) is 2.09. The SMILES string of the molecule is CN(C)c1ncc(S(=O)(=O)c2ccc(NC(=O)NCc3cccnc3)cc2)cn1. The van der Waals surface area contributed by atoms with Gasteiger partial charge < -0.3 is 15.5 Å². The van der Waals surface area contributed by atoms with Crippen molar-refractivity contribution >= 4 is 27.5 Å². The molecule has 29 heavy (non-hydrogen) atoms. The van der Waals surface area contributed by atoms with Gasteiger partial charge in [0.15, 0.2) is 0 Å². The molecular formula is C19H20N6O3S. The van der Waals surface area contributed by atoms with Crippen molar-refractivity contribution in [3.8, 4) is 0 Å². The van der Waals surface area contributed by atoms with Crippen molar-refractivity contribution in [2.75, 3.05) is 24.3 Å². The summed E-state index contributed by atoms with van der Waals surface area (Å²) in [6, 6.07) is 9.11. The smallest absolute Gasteiger partial charge is 0.319 e. The Morgan fingerprint density at radius 3 is 2.28 bits per heavy atom. The van der Waals surface area contributed by atoms with Crippen molar-refractivity contribution in [3.63, 3.8) is 0 Å². The number of hydrogen-bond acceptors (Lipinski definition) is 7. The molecule has 1 aromatic carbocycles. The number of rotatable bonds is 6. The lowest BCUT2D eigenvalue weighted by atomic mass is 10.3. The highest BCUT2D eigenvalue weighted by atomic mass is 32.2. The van der Waals surface area contributed by atoms with Crippen LogP contribution in [0.2, 0.25) is 0 Å². The third kappa shape index (κ3) is 5.05. The zero-order chi connectivity index (χ0) is 20.9. The average Bonchev–Trinajstić information content (AvgIpc) is 2.73. The van der Waals surface area contributed by atoms with Crippen molar-refractivity contribution in [2.45, 2.75) is 16.3 Å². The summed E-state index contributed by atoms with van der Waals surface area (Å²) in [6.45, 7) is 0.328. The maximum absolute atomic E-state index is 12.7. The summed E-state index contributed by atoms with van der Waals surface area (Å²) in [6.07, 6.45) is 5.86. The van der Waals surface area contributed by atoms with E-state index in [0.717, 1.165) is 5.56 Å². The van der Waals surface area contributed by atoms with Crippen LogP contribution in [0, 0.1) is 0 Å². The monoisotopic (exact) mass is 412 g/mol. The largest absolute Gasteiger partial charge is 0.347 e. The Morgan fingerprint density at radius 2 is 1.69 bits per heavy atom. The first-order chi connectivity index (χ1) is 13.9. The molecule has 3 rings (SSSR count). The van der Waals surface area contributed by atoms with Gasteiger partial charge in [-0.05, 0) is 35.9 Å². The number of pyridine rings is 1. The zero-order valence-corrected chi connectivity index (χ0v) is 16.7. The van der Waals surface area contributed by atoms with Crippen LogP contribution < -0.4 is 15.5 Å². The van der Waals surface area contributed by atoms with Crippen molar-refractivity contribution < 1.29 is 13.2 Å². The molecule has 10 heteroatoms. The summed E-state index contributed by atoms with van der Waals surface area (Å²) in [5.41, 5.74) is 1.33. The quantitative estimate of drug-likeness (QED) is 0.636. The summed E-state index contributed by atoms with van der Waals surface area (Å²) in [5.74, 6) is 0.417. The summed E-state index contributed by atoms with van der Waals surface area (Å²) >= 11 is 0. The van der Waals surface area contributed by atoms with E-state index < -0.39 is 15.9 Å². The third-order valence-corrected chi connectivity index (χ3v) is 5.65. The van der Waals surface area contributed by atoms with E-state index in [0.29, 0.717) is 18.2 Å². The van der Waals surface area contributed by atoms with Crippen molar-refractivity contribution in [3.05, 3.63) is 66.7 Å². The van der Waals surface area contributed by atoms with Gasteiger partial charge in [0.05, 0.1) is 17.3 Å². The normalized spacial score (nSPS) is 11.0. The molecule has 0 saturated carbocycles. The first-order valence-electron chi connectivity index (χ1n) is 8.64. The Hall–Kier alpha value is -3.53. The first-order valence-corrected chi connectivity index (χ1v) is 10.1. The van der Waals surface area contributed by atoms with Gasteiger partial charge in [0.1, 0.15) is 4.90 Å². The van der Waals surface area contributed by atoms with E-state index >= 15 is 0 Å². The molecule has 3 aromatic rings. The second-order valence-electron chi connectivity index (χ2n) is 6.31. The number of carbonyl (C=O) groups is 1. The van der Waals surface area contributed by atoms with E-state index in [1.807, 2.05) is 6.07 Å². The van der Waals surface area contributed by atoms with Gasteiger partial charge in [-0.1, -0.05) is 6.07 Å². The number of amides is 2. The summed E-state index contributed by atoms with van der Waals surface area (Å²) < 4.78 is 25.4. The highest BCUT2D eigenvalue weighted by Crippen LogP contribution is 2.22. The molecule has 2 N–H and O–H groups in total. The van der Waals surface area contributed by atoms with E-state index in [1.54, 1.807) is 37.5 Å². The van der Waals surface area contributed by atoms with Gasteiger partial charge in [-0.15, -0.1) is 0 Å². The molecule has 2 amide bonds. The molecule has 2 aromatic heterocycles. The molecule has 0 spiro atoms. The van der Waals surface area contributed by atoms with Gasteiger partial charge >= 0.3 is 6.03 Å². The number of hydrogen-bond donors (Lipinski definition) is 2. The van der Waals surface area contributed by atoms with E-state index in [9.17, 15) is 13.2 Å². The number of nitrogens with zero attached hydrogens (tertiary/aromatic N) is 4. The van der Waals surface area contributed by atoms with E-state index in [1.165, 1.54) is 36.7 Å². The number of carbonyl (C=O) groups excluding carboxylic acids is 1. The molecule has 9 nitrogen and oxygen atoms in total. The van der Waals surface area contributed by atoms with Gasteiger partial charge in [-0.2, -0.15) is 0 Å². The van der Waals surface area contributed by atoms with Crippen LogP contribution >= 0.6 is 0 Å². The fraction of sp³-hybridized carbons (Fsp3) is 0.158. The molecule has 0 saturated heterocycles. The molecule has 0 aliphatic heterocycles. The lowest BCUT2D eigenvalue weighted by Crippen LogP contribution is -2.28. The molecule has 0 bridgehead atoms. The van der Waals surface area contributed by atoms with Crippen LogP contribution in [0.5, 0.6) is 0 Å². The molecule has 0 fully saturated rings. The first kappa shape index (κ1) is 20.2. The van der Waals surface area contributed by atoms with Crippen molar-refractivity contribution in [1.82, 2.24) is 20.3 Å². The number of aromatic nitrogens is 3. The Bertz CT molecular complexity index is 1070. The van der Waals surface area contributed by atoms with Gasteiger partial charge in [-0.25, -0.2) is 23.2 Å². The highest BCUT2D eigenvalue weighted by molar-refractivity contribution is 7.91. The number of anilines is 2. The van der Waals surface area contributed by atoms with Gasteiger partial charge in [0.25, 0.3) is 0 Å². The third-order valence-electron chi connectivity index (χ3n) is 3.92. The standard InChI is InChI=1S/C19H20N6O3S/c1-25(2)18-21-12-17(13-22-18)29(27,28)16-7-5-15(6-8-16)24-19(26)23-11-14-4-3-9-20-10-14/h3-10,12-13H,11H2,1-2H3,(H2,23,24,26). The Labute approximate surface area is 168 Å². The Balaban J connectivity index is 1.65. The van der Waals surface area contributed by atoms with Crippen LogP contribution in [0.15, 0.2) is 71.0 Å². The van der Waals surface area contributed by atoms with Crippen LogP contribution in [-0.2, 0) is 16.4 Å².